The average molecular weight is 276 g/mol. The average Bonchev–Trinajstić information content (AvgIpc) is 2.83. The Balaban J connectivity index is 2.28. The molecule has 1 amide bonds. The summed E-state index contributed by atoms with van der Waals surface area (Å²) >= 11 is 7.82. The number of amides is 1. The van der Waals surface area contributed by atoms with Crippen LogP contribution >= 0.6 is 36.2 Å². The van der Waals surface area contributed by atoms with Gasteiger partial charge in [-0.25, -0.2) is 0 Å². The van der Waals surface area contributed by atoms with Crippen LogP contribution in [0, 0.1) is 0 Å². The van der Waals surface area contributed by atoms with E-state index < -0.39 is 0 Å². The van der Waals surface area contributed by atoms with E-state index in [0.717, 1.165) is 35.3 Å². The molecule has 0 N–H and O–H groups in total. The van der Waals surface area contributed by atoms with E-state index >= 15 is 0 Å². The molecule has 0 bridgehead atoms. The third-order valence-electron chi connectivity index (χ3n) is 2.75. The summed E-state index contributed by atoms with van der Waals surface area (Å²) in [6, 6.07) is 0. The lowest BCUT2D eigenvalue weighted by molar-refractivity contribution is -0.125. The zero-order chi connectivity index (χ0) is 11.7. The minimum absolute atomic E-state index is 0.0140. The first-order chi connectivity index (χ1) is 7.69. The Labute approximate surface area is 110 Å². The van der Waals surface area contributed by atoms with Crippen molar-refractivity contribution in [3.8, 4) is 0 Å². The molecule has 0 aromatic carbocycles. The first-order valence-electron chi connectivity index (χ1n) is 5.46. The van der Waals surface area contributed by atoms with Gasteiger partial charge in [-0.05, 0) is 13.8 Å². The van der Waals surface area contributed by atoms with Crippen LogP contribution < -0.4 is 0 Å². The molecule has 6 heteroatoms. The molecule has 0 spiro atoms. The summed E-state index contributed by atoms with van der Waals surface area (Å²) in [5, 5.41) is 1.16. The van der Waals surface area contributed by atoms with Crippen molar-refractivity contribution in [2.75, 3.05) is 25.4 Å². The second kappa shape index (κ2) is 5.14. The Hall–Kier alpha value is 0.0600. The summed E-state index contributed by atoms with van der Waals surface area (Å²) in [6.07, 6.45) is 0. The molecular formula is C10H16N2OS3. The van der Waals surface area contributed by atoms with Gasteiger partial charge in [0.1, 0.15) is 9.61 Å². The number of thiol groups is 1. The fourth-order valence-electron chi connectivity index (χ4n) is 1.85. The number of thioether (sulfide) groups is 2. The maximum Gasteiger partial charge on any atom is 0.264 e. The highest BCUT2D eigenvalue weighted by Gasteiger charge is 2.37. The van der Waals surface area contributed by atoms with Crippen LogP contribution in [-0.2, 0) is 4.79 Å². The Morgan fingerprint density at radius 3 is 2.75 bits per heavy atom. The Bertz CT molecular complexity index is 332. The molecule has 2 saturated heterocycles. The zero-order valence-corrected chi connectivity index (χ0v) is 12.0. The van der Waals surface area contributed by atoms with E-state index in [1.165, 1.54) is 0 Å². The van der Waals surface area contributed by atoms with Gasteiger partial charge in [0.25, 0.3) is 5.91 Å². The third-order valence-corrected chi connectivity index (χ3v) is 5.66. The van der Waals surface area contributed by atoms with Gasteiger partial charge in [0.15, 0.2) is 0 Å². The molecule has 1 unspecified atom stereocenters. The van der Waals surface area contributed by atoms with Crippen molar-refractivity contribution in [3.05, 3.63) is 9.93 Å². The molecule has 90 valence electrons. The predicted molar refractivity (Wildman–Crippen MR) is 74.5 cm³/mol. The number of nitrogens with zero attached hydrogens (tertiary/aromatic N) is 2. The first-order valence-corrected chi connectivity index (χ1v) is 7.84. The molecule has 16 heavy (non-hydrogen) atoms. The number of hydrogen-bond donors (Lipinski definition) is 1. The highest BCUT2D eigenvalue weighted by atomic mass is 32.2. The van der Waals surface area contributed by atoms with Crippen molar-refractivity contribution in [1.29, 1.82) is 0 Å². The van der Waals surface area contributed by atoms with Gasteiger partial charge >= 0.3 is 0 Å². The van der Waals surface area contributed by atoms with Crippen molar-refractivity contribution in [1.82, 2.24) is 9.80 Å². The predicted octanol–water partition coefficient (Wildman–Crippen LogP) is 2.03. The molecule has 2 fully saturated rings. The quantitative estimate of drug-likeness (QED) is 0.616. The molecule has 3 nitrogen and oxygen atoms in total. The van der Waals surface area contributed by atoms with E-state index in [-0.39, 0.29) is 10.6 Å². The maximum atomic E-state index is 12.2. The summed E-state index contributed by atoms with van der Waals surface area (Å²) in [4.78, 5) is 17.1. The van der Waals surface area contributed by atoms with Crippen LogP contribution in [0.2, 0.25) is 0 Å². The highest BCUT2D eigenvalue weighted by molar-refractivity contribution is 8.15. The maximum absolute atomic E-state index is 12.2. The first kappa shape index (κ1) is 12.5. The number of hydrogen-bond acceptors (Lipinski definition) is 5. The Kier molecular flexibility index (Phi) is 4.02. The monoisotopic (exact) mass is 276 g/mol. The fourth-order valence-corrected chi connectivity index (χ4v) is 4.91. The van der Waals surface area contributed by atoms with E-state index in [9.17, 15) is 4.79 Å². The van der Waals surface area contributed by atoms with Crippen LogP contribution in [0.4, 0.5) is 0 Å². The lowest BCUT2D eigenvalue weighted by Crippen LogP contribution is -2.29. The highest BCUT2D eigenvalue weighted by Crippen LogP contribution is 2.43. The third kappa shape index (κ3) is 2.07. The SMILES string of the molecule is CCN1CCS/C1=C1/SC(S)N(CC)C1=O. The lowest BCUT2D eigenvalue weighted by atomic mass is 10.4. The second-order valence-electron chi connectivity index (χ2n) is 3.60. The topological polar surface area (TPSA) is 23.6 Å². The summed E-state index contributed by atoms with van der Waals surface area (Å²) in [7, 11) is 0. The Morgan fingerprint density at radius 2 is 2.19 bits per heavy atom. The summed E-state index contributed by atoms with van der Waals surface area (Å²) < 4.78 is -0.0140. The molecule has 2 aliphatic heterocycles. The number of rotatable bonds is 2. The van der Waals surface area contributed by atoms with Gasteiger partial charge < -0.3 is 9.80 Å². The second-order valence-corrected chi connectivity index (χ2v) is 6.61. The standard InChI is InChI=1S/C10H16N2OS3/c1-3-11-5-6-15-9(11)7-8(13)12(4-2)10(14)16-7/h10,14H,3-6H2,1-2H3/b9-7+. The molecule has 2 heterocycles. The molecule has 0 radical (unpaired) electrons. The largest absolute Gasteiger partial charge is 0.365 e. The molecule has 0 aromatic rings. The minimum Gasteiger partial charge on any atom is -0.365 e. The van der Waals surface area contributed by atoms with Crippen molar-refractivity contribution >= 4 is 42.1 Å². The molecular weight excluding hydrogens is 260 g/mol. The van der Waals surface area contributed by atoms with E-state index in [4.69, 9.17) is 0 Å². The van der Waals surface area contributed by atoms with Crippen LogP contribution in [0.3, 0.4) is 0 Å². The lowest BCUT2D eigenvalue weighted by Gasteiger charge is -2.17. The van der Waals surface area contributed by atoms with Gasteiger partial charge in [-0.1, -0.05) is 11.8 Å². The zero-order valence-electron chi connectivity index (χ0n) is 9.47. The van der Waals surface area contributed by atoms with Crippen LogP contribution in [-0.4, -0.2) is 45.8 Å². The van der Waals surface area contributed by atoms with Gasteiger partial charge in [0.2, 0.25) is 0 Å². The fraction of sp³-hybridized carbons (Fsp3) is 0.700. The van der Waals surface area contributed by atoms with Crippen molar-refractivity contribution in [3.63, 3.8) is 0 Å². The van der Waals surface area contributed by atoms with Crippen molar-refractivity contribution in [2.45, 2.75) is 18.6 Å². The van der Waals surface area contributed by atoms with Crippen LogP contribution in [0.1, 0.15) is 13.8 Å². The van der Waals surface area contributed by atoms with Gasteiger partial charge in [-0.15, -0.1) is 24.4 Å². The molecule has 0 saturated carbocycles. The summed E-state index contributed by atoms with van der Waals surface area (Å²) in [5.74, 6) is 1.24. The van der Waals surface area contributed by atoms with Crippen LogP contribution in [0.25, 0.3) is 0 Å². The van der Waals surface area contributed by atoms with Gasteiger partial charge in [-0.2, -0.15) is 0 Å². The number of likely N-dealkylation sites (N-methyl/N-ethyl adjacent to an activating group) is 1. The van der Waals surface area contributed by atoms with Gasteiger partial charge in [-0.3, -0.25) is 4.79 Å². The smallest absolute Gasteiger partial charge is 0.264 e. The number of carbonyl (C=O) groups excluding carboxylic acids is 1. The van der Waals surface area contributed by atoms with Crippen LogP contribution in [0.15, 0.2) is 9.93 Å². The molecule has 2 aliphatic rings. The molecule has 1 atom stereocenters. The number of carbonyl (C=O) groups is 1. The molecule has 2 rings (SSSR count). The summed E-state index contributed by atoms with van der Waals surface area (Å²) in [6.45, 7) is 6.88. The van der Waals surface area contributed by atoms with E-state index in [1.54, 1.807) is 23.5 Å². The van der Waals surface area contributed by atoms with Crippen LogP contribution in [0.5, 0.6) is 0 Å². The van der Waals surface area contributed by atoms with E-state index in [0.29, 0.717) is 0 Å². The van der Waals surface area contributed by atoms with E-state index in [1.807, 2.05) is 11.8 Å². The summed E-state index contributed by atoms with van der Waals surface area (Å²) in [5.41, 5.74) is 0. The van der Waals surface area contributed by atoms with Gasteiger partial charge in [0.05, 0.1) is 5.03 Å². The van der Waals surface area contributed by atoms with Crippen molar-refractivity contribution < 1.29 is 4.79 Å². The normalized spacial score (nSPS) is 30.7. The minimum atomic E-state index is -0.0140. The van der Waals surface area contributed by atoms with E-state index in [2.05, 4.69) is 24.5 Å². The molecule has 0 aliphatic carbocycles. The Morgan fingerprint density at radius 1 is 1.44 bits per heavy atom. The molecule has 0 aromatic heterocycles. The van der Waals surface area contributed by atoms with Crippen molar-refractivity contribution in [2.24, 2.45) is 0 Å². The van der Waals surface area contributed by atoms with Gasteiger partial charge in [0, 0.05) is 25.4 Å².